The molecule has 2 amide bonds. The van der Waals surface area contributed by atoms with Crippen LogP contribution in [0.3, 0.4) is 0 Å². The highest BCUT2D eigenvalue weighted by Crippen LogP contribution is 2.37. The molecule has 2 aliphatic rings. The van der Waals surface area contributed by atoms with Crippen molar-refractivity contribution < 1.29 is 19.4 Å². The number of carbonyl (C=O) groups is 2. The van der Waals surface area contributed by atoms with Crippen molar-refractivity contribution in [1.29, 1.82) is 0 Å². The van der Waals surface area contributed by atoms with Crippen LogP contribution in [0.5, 0.6) is 0 Å². The van der Waals surface area contributed by atoms with E-state index in [0.29, 0.717) is 13.0 Å². The largest absolute Gasteiger partial charge is 0.481 e. The normalized spacial score (nSPS) is 26.6. The Labute approximate surface area is 113 Å². The predicted molar refractivity (Wildman–Crippen MR) is 68.9 cm³/mol. The molecule has 0 aromatic carbocycles. The minimum absolute atomic E-state index is 0.0728. The molecule has 2 heterocycles. The van der Waals surface area contributed by atoms with E-state index in [1.54, 1.807) is 0 Å². The molecule has 0 radical (unpaired) electrons. The number of aliphatic carboxylic acids is 1. The van der Waals surface area contributed by atoms with Gasteiger partial charge >= 0.3 is 12.0 Å². The van der Waals surface area contributed by atoms with E-state index in [0.717, 1.165) is 45.6 Å². The maximum atomic E-state index is 12.0. The van der Waals surface area contributed by atoms with Crippen LogP contribution in [-0.4, -0.2) is 54.9 Å². The number of amides is 2. The Morgan fingerprint density at radius 2 is 2.21 bits per heavy atom. The predicted octanol–water partition coefficient (Wildman–Crippen LogP) is 1.06. The molecule has 0 aromatic rings. The molecule has 0 aliphatic carbocycles. The molecule has 6 heteroatoms. The average molecular weight is 270 g/mol. The Bertz CT molecular complexity index is 340. The summed E-state index contributed by atoms with van der Waals surface area (Å²) in [7, 11) is 0. The summed E-state index contributed by atoms with van der Waals surface area (Å²) >= 11 is 0. The maximum absolute atomic E-state index is 12.0. The van der Waals surface area contributed by atoms with Crippen molar-refractivity contribution in [1.82, 2.24) is 10.2 Å². The number of carbonyl (C=O) groups excluding carboxylic acids is 1. The number of nitrogens with zero attached hydrogens (tertiary/aromatic N) is 1. The lowest BCUT2D eigenvalue weighted by Crippen LogP contribution is -2.50. The zero-order valence-corrected chi connectivity index (χ0v) is 11.2. The van der Waals surface area contributed by atoms with E-state index >= 15 is 0 Å². The van der Waals surface area contributed by atoms with E-state index in [9.17, 15) is 9.59 Å². The number of hydrogen-bond donors (Lipinski definition) is 2. The fourth-order valence-corrected chi connectivity index (χ4v) is 2.90. The van der Waals surface area contributed by atoms with Gasteiger partial charge in [-0.15, -0.1) is 0 Å². The Kier molecular flexibility index (Phi) is 4.63. The molecule has 0 saturated carbocycles. The van der Waals surface area contributed by atoms with Crippen molar-refractivity contribution in [3.63, 3.8) is 0 Å². The van der Waals surface area contributed by atoms with Gasteiger partial charge in [0, 0.05) is 38.1 Å². The molecular formula is C13H22N2O4. The van der Waals surface area contributed by atoms with Crippen molar-refractivity contribution in [3.05, 3.63) is 0 Å². The molecule has 6 nitrogen and oxygen atoms in total. The number of ether oxygens (including phenoxy) is 1. The summed E-state index contributed by atoms with van der Waals surface area (Å²) in [5.41, 5.74) is 0.163. The van der Waals surface area contributed by atoms with Gasteiger partial charge in [-0.3, -0.25) is 4.79 Å². The zero-order valence-electron chi connectivity index (χ0n) is 11.2. The second-order valence-electron chi connectivity index (χ2n) is 5.56. The van der Waals surface area contributed by atoms with E-state index in [1.165, 1.54) is 0 Å². The summed E-state index contributed by atoms with van der Waals surface area (Å²) in [4.78, 5) is 24.2. The topological polar surface area (TPSA) is 78.9 Å². The average Bonchev–Trinajstić information content (AvgIpc) is 2.82. The van der Waals surface area contributed by atoms with E-state index in [-0.39, 0.29) is 17.9 Å². The van der Waals surface area contributed by atoms with Crippen molar-refractivity contribution in [2.24, 2.45) is 5.41 Å². The van der Waals surface area contributed by atoms with Crippen LogP contribution in [0.15, 0.2) is 0 Å². The number of rotatable bonds is 4. The van der Waals surface area contributed by atoms with E-state index in [2.05, 4.69) is 5.32 Å². The highest BCUT2D eigenvalue weighted by Gasteiger charge is 2.40. The first-order valence-electron chi connectivity index (χ1n) is 6.94. The molecule has 0 aromatic heterocycles. The monoisotopic (exact) mass is 270 g/mol. The van der Waals surface area contributed by atoms with Crippen LogP contribution in [-0.2, 0) is 9.53 Å². The molecule has 19 heavy (non-hydrogen) atoms. The van der Waals surface area contributed by atoms with Crippen LogP contribution in [0.25, 0.3) is 0 Å². The Hall–Kier alpha value is -1.30. The lowest BCUT2D eigenvalue weighted by atomic mass is 9.79. The fraction of sp³-hybridized carbons (Fsp3) is 0.846. The standard InChI is InChI=1S/C13H22N2O4/c16-11(17)3-1-6-14-12(18)15-7-2-4-13(9-15)5-8-19-10-13/h1-10H2,(H,14,18)(H,16,17). The van der Waals surface area contributed by atoms with Crippen molar-refractivity contribution in [3.8, 4) is 0 Å². The second kappa shape index (κ2) is 6.23. The number of nitrogens with one attached hydrogen (secondary N) is 1. The molecule has 1 unspecified atom stereocenters. The smallest absolute Gasteiger partial charge is 0.317 e. The number of likely N-dealkylation sites (tertiary alicyclic amines) is 1. The number of carboxylic acid groups (broad SMARTS) is 1. The van der Waals surface area contributed by atoms with Gasteiger partial charge in [0.05, 0.1) is 6.61 Å². The number of urea groups is 1. The van der Waals surface area contributed by atoms with Crippen LogP contribution in [0.2, 0.25) is 0 Å². The van der Waals surface area contributed by atoms with E-state index in [4.69, 9.17) is 9.84 Å². The van der Waals surface area contributed by atoms with Gasteiger partial charge < -0.3 is 20.1 Å². The van der Waals surface area contributed by atoms with E-state index in [1.807, 2.05) is 4.90 Å². The molecule has 108 valence electrons. The molecule has 2 N–H and O–H groups in total. The van der Waals surface area contributed by atoms with Crippen LogP contribution in [0, 0.1) is 5.41 Å². The molecular weight excluding hydrogens is 248 g/mol. The third kappa shape index (κ3) is 3.83. The first-order chi connectivity index (χ1) is 9.11. The first-order valence-corrected chi connectivity index (χ1v) is 6.94. The van der Waals surface area contributed by atoms with Crippen LogP contribution < -0.4 is 5.32 Å². The molecule has 1 spiro atoms. The van der Waals surface area contributed by atoms with Gasteiger partial charge in [0.15, 0.2) is 0 Å². The Balaban J connectivity index is 1.74. The van der Waals surface area contributed by atoms with E-state index < -0.39 is 5.97 Å². The van der Waals surface area contributed by atoms with Gasteiger partial charge in [0.1, 0.15) is 0 Å². The quantitative estimate of drug-likeness (QED) is 0.749. The van der Waals surface area contributed by atoms with Gasteiger partial charge in [-0.05, 0) is 25.7 Å². The summed E-state index contributed by atoms with van der Waals surface area (Å²) in [5, 5.41) is 11.3. The summed E-state index contributed by atoms with van der Waals surface area (Å²) in [6.07, 6.45) is 3.76. The third-order valence-electron chi connectivity index (χ3n) is 3.98. The fourth-order valence-electron chi connectivity index (χ4n) is 2.90. The van der Waals surface area contributed by atoms with Crippen molar-refractivity contribution in [2.45, 2.75) is 32.1 Å². The van der Waals surface area contributed by atoms with Gasteiger partial charge in [-0.1, -0.05) is 0 Å². The van der Waals surface area contributed by atoms with Crippen molar-refractivity contribution in [2.75, 3.05) is 32.8 Å². The summed E-state index contributed by atoms with van der Waals surface area (Å²) in [5.74, 6) is -0.825. The van der Waals surface area contributed by atoms with Crippen LogP contribution >= 0.6 is 0 Å². The van der Waals surface area contributed by atoms with Crippen LogP contribution in [0.4, 0.5) is 4.79 Å². The lowest BCUT2D eigenvalue weighted by Gasteiger charge is -2.39. The lowest BCUT2D eigenvalue weighted by molar-refractivity contribution is -0.137. The van der Waals surface area contributed by atoms with Crippen LogP contribution in [0.1, 0.15) is 32.1 Å². The number of hydrogen-bond acceptors (Lipinski definition) is 3. The summed E-state index contributed by atoms with van der Waals surface area (Å²) < 4.78 is 5.47. The van der Waals surface area contributed by atoms with Gasteiger partial charge in [-0.25, -0.2) is 4.79 Å². The second-order valence-corrected chi connectivity index (χ2v) is 5.56. The van der Waals surface area contributed by atoms with Gasteiger partial charge in [0.25, 0.3) is 0 Å². The summed E-state index contributed by atoms with van der Waals surface area (Å²) in [6.45, 7) is 3.53. The van der Waals surface area contributed by atoms with Crippen molar-refractivity contribution >= 4 is 12.0 Å². The highest BCUT2D eigenvalue weighted by atomic mass is 16.5. The minimum Gasteiger partial charge on any atom is -0.481 e. The SMILES string of the molecule is O=C(O)CCCNC(=O)N1CCCC2(CCOC2)C1. The zero-order chi connectivity index (χ0) is 13.7. The maximum Gasteiger partial charge on any atom is 0.317 e. The summed E-state index contributed by atoms with van der Waals surface area (Å²) in [6, 6.07) is -0.0728. The Morgan fingerprint density at radius 1 is 1.37 bits per heavy atom. The molecule has 1 atom stereocenters. The highest BCUT2D eigenvalue weighted by molar-refractivity contribution is 5.74. The van der Waals surface area contributed by atoms with Gasteiger partial charge in [-0.2, -0.15) is 0 Å². The third-order valence-corrected chi connectivity index (χ3v) is 3.98. The molecule has 0 bridgehead atoms. The number of piperidine rings is 1. The molecule has 2 saturated heterocycles. The minimum atomic E-state index is -0.825. The number of carboxylic acids is 1. The first kappa shape index (κ1) is 14.1. The molecule has 2 aliphatic heterocycles. The Morgan fingerprint density at radius 3 is 2.89 bits per heavy atom. The van der Waals surface area contributed by atoms with Gasteiger partial charge in [0.2, 0.25) is 0 Å². The molecule has 2 fully saturated rings. The molecule has 2 rings (SSSR count).